The minimum absolute atomic E-state index is 0.371. The second kappa shape index (κ2) is 7.26. The largest absolute Gasteiger partial charge is 0.464 e. The smallest absolute Gasteiger partial charge is 0.323 e. The lowest BCUT2D eigenvalue weighted by atomic mass is 9.97. The van der Waals surface area contributed by atoms with Crippen molar-refractivity contribution in [1.82, 2.24) is 15.0 Å². The van der Waals surface area contributed by atoms with E-state index in [1.54, 1.807) is 7.05 Å². The van der Waals surface area contributed by atoms with Gasteiger partial charge < -0.3 is 15.4 Å². The summed E-state index contributed by atoms with van der Waals surface area (Å²) in [4.78, 5) is 12.9. The molecule has 20 heavy (non-hydrogen) atoms. The predicted molar refractivity (Wildman–Crippen MR) is 80.2 cm³/mol. The van der Waals surface area contributed by atoms with Crippen LogP contribution in [0.1, 0.15) is 46.0 Å². The molecule has 1 saturated carbocycles. The fourth-order valence-electron chi connectivity index (χ4n) is 2.60. The maximum Gasteiger partial charge on any atom is 0.323 e. The van der Waals surface area contributed by atoms with Crippen molar-refractivity contribution in [3.63, 3.8) is 0 Å². The van der Waals surface area contributed by atoms with Crippen molar-refractivity contribution >= 4 is 11.9 Å². The summed E-state index contributed by atoms with van der Waals surface area (Å²) >= 11 is 0. The lowest BCUT2D eigenvalue weighted by Crippen LogP contribution is -2.27. The Balaban J connectivity index is 2.12. The molecule has 2 rings (SSSR count). The summed E-state index contributed by atoms with van der Waals surface area (Å²) in [6.45, 7) is 4.77. The van der Waals surface area contributed by atoms with Crippen molar-refractivity contribution in [2.24, 2.45) is 5.92 Å². The maximum atomic E-state index is 5.39. The normalized spacial score (nSPS) is 22.9. The molecule has 1 fully saturated rings. The second-order valence-corrected chi connectivity index (χ2v) is 5.31. The molecule has 0 bridgehead atoms. The van der Waals surface area contributed by atoms with Crippen LogP contribution >= 0.6 is 0 Å². The maximum absolute atomic E-state index is 5.39. The lowest BCUT2D eigenvalue weighted by molar-refractivity contribution is 0.312. The summed E-state index contributed by atoms with van der Waals surface area (Å²) in [5.74, 6) is 1.78. The Morgan fingerprint density at radius 3 is 2.60 bits per heavy atom. The second-order valence-electron chi connectivity index (χ2n) is 5.31. The van der Waals surface area contributed by atoms with E-state index < -0.39 is 0 Å². The molecule has 1 aromatic rings. The lowest BCUT2D eigenvalue weighted by Gasteiger charge is -2.22. The molecule has 1 aliphatic rings. The van der Waals surface area contributed by atoms with E-state index in [4.69, 9.17) is 4.74 Å². The zero-order chi connectivity index (χ0) is 14.4. The highest BCUT2D eigenvalue weighted by Crippen LogP contribution is 2.25. The topological polar surface area (TPSA) is 72.0 Å². The Bertz CT molecular complexity index is 426. The van der Waals surface area contributed by atoms with E-state index in [0.717, 1.165) is 0 Å². The van der Waals surface area contributed by atoms with Crippen LogP contribution in [0.5, 0.6) is 6.01 Å². The van der Waals surface area contributed by atoms with Crippen LogP contribution in [-0.4, -0.2) is 34.6 Å². The van der Waals surface area contributed by atoms with E-state index in [2.05, 4.69) is 32.5 Å². The SMILES string of the molecule is CCOc1nc(NC)nc(NC2CCCCCC2C)n1. The summed E-state index contributed by atoms with van der Waals surface area (Å²) in [6, 6.07) is 0.801. The van der Waals surface area contributed by atoms with Crippen LogP contribution in [0.2, 0.25) is 0 Å². The Morgan fingerprint density at radius 1 is 1.10 bits per heavy atom. The molecule has 0 aliphatic heterocycles. The molecular formula is C14H25N5O. The van der Waals surface area contributed by atoms with Crippen molar-refractivity contribution in [2.75, 3.05) is 24.3 Å². The molecule has 0 spiro atoms. The van der Waals surface area contributed by atoms with E-state index >= 15 is 0 Å². The molecule has 2 N–H and O–H groups in total. The van der Waals surface area contributed by atoms with Gasteiger partial charge in [0.05, 0.1) is 6.61 Å². The average molecular weight is 279 g/mol. The number of nitrogens with one attached hydrogen (secondary N) is 2. The molecule has 2 unspecified atom stereocenters. The van der Waals surface area contributed by atoms with Crippen LogP contribution in [-0.2, 0) is 0 Å². The van der Waals surface area contributed by atoms with Gasteiger partial charge in [-0.15, -0.1) is 0 Å². The van der Waals surface area contributed by atoms with Crippen LogP contribution < -0.4 is 15.4 Å². The monoisotopic (exact) mass is 279 g/mol. The van der Waals surface area contributed by atoms with Gasteiger partial charge in [0.15, 0.2) is 0 Å². The van der Waals surface area contributed by atoms with Gasteiger partial charge in [0.1, 0.15) is 0 Å². The van der Waals surface area contributed by atoms with E-state index in [1.165, 1.54) is 32.1 Å². The van der Waals surface area contributed by atoms with Gasteiger partial charge in [0.2, 0.25) is 11.9 Å². The number of anilines is 2. The Morgan fingerprint density at radius 2 is 1.85 bits per heavy atom. The molecule has 1 heterocycles. The summed E-state index contributed by atoms with van der Waals surface area (Å²) in [6.07, 6.45) is 6.35. The minimum Gasteiger partial charge on any atom is -0.464 e. The molecule has 0 amide bonds. The van der Waals surface area contributed by atoms with Crippen molar-refractivity contribution in [2.45, 2.75) is 52.0 Å². The number of nitrogens with zero attached hydrogens (tertiary/aromatic N) is 3. The summed E-state index contributed by atoms with van der Waals surface area (Å²) < 4.78 is 5.39. The van der Waals surface area contributed by atoms with Gasteiger partial charge in [-0.05, 0) is 25.7 Å². The van der Waals surface area contributed by atoms with Crippen molar-refractivity contribution < 1.29 is 4.74 Å². The summed E-state index contributed by atoms with van der Waals surface area (Å²) in [7, 11) is 1.79. The predicted octanol–water partition coefficient (Wildman–Crippen LogP) is 2.69. The number of rotatable bonds is 5. The zero-order valence-electron chi connectivity index (χ0n) is 12.6. The molecular weight excluding hydrogens is 254 g/mol. The van der Waals surface area contributed by atoms with Gasteiger partial charge in [-0.1, -0.05) is 26.2 Å². The third-order valence-corrected chi connectivity index (χ3v) is 3.79. The van der Waals surface area contributed by atoms with Gasteiger partial charge in [-0.3, -0.25) is 0 Å². The summed E-state index contributed by atoms with van der Waals surface area (Å²) in [5, 5.41) is 6.41. The Kier molecular flexibility index (Phi) is 5.38. The van der Waals surface area contributed by atoms with E-state index in [-0.39, 0.29) is 0 Å². The standard InChI is InChI=1S/C14H25N5O/c1-4-20-14-18-12(15-3)17-13(19-14)16-11-9-7-5-6-8-10(11)2/h10-11H,4-9H2,1-3H3,(H2,15,16,17,18,19). The van der Waals surface area contributed by atoms with Crippen molar-refractivity contribution in [1.29, 1.82) is 0 Å². The van der Waals surface area contributed by atoms with Gasteiger partial charge in [0, 0.05) is 13.1 Å². The fourth-order valence-corrected chi connectivity index (χ4v) is 2.60. The van der Waals surface area contributed by atoms with Gasteiger partial charge in [0.25, 0.3) is 0 Å². The van der Waals surface area contributed by atoms with Crippen LogP contribution in [0.3, 0.4) is 0 Å². The third kappa shape index (κ3) is 3.95. The Hall–Kier alpha value is -1.59. The quantitative estimate of drug-likeness (QED) is 0.807. The number of hydrogen-bond acceptors (Lipinski definition) is 6. The van der Waals surface area contributed by atoms with Gasteiger partial charge in [-0.2, -0.15) is 15.0 Å². The highest BCUT2D eigenvalue weighted by Gasteiger charge is 2.21. The number of ether oxygens (including phenoxy) is 1. The molecule has 0 radical (unpaired) electrons. The van der Waals surface area contributed by atoms with Crippen molar-refractivity contribution in [3.05, 3.63) is 0 Å². The van der Waals surface area contributed by atoms with Gasteiger partial charge >= 0.3 is 6.01 Å². The minimum atomic E-state index is 0.371. The first-order valence-corrected chi connectivity index (χ1v) is 7.56. The Labute approximate surface area is 120 Å². The number of aromatic nitrogens is 3. The molecule has 0 saturated heterocycles. The van der Waals surface area contributed by atoms with Crippen molar-refractivity contribution in [3.8, 4) is 6.01 Å². The van der Waals surface area contributed by atoms with Crippen LogP contribution in [0.4, 0.5) is 11.9 Å². The summed E-state index contributed by atoms with van der Waals surface area (Å²) in [5.41, 5.74) is 0. The molecule has 1 aromatic heterocycles. The number of hydrogen-bond donors (Lipinski definition) is 2. The third-order valence-electron chi connectivity index (χ3n) is 3.79. The van der Waals surface area contributed by atoms with E-state index in [1.807, 2.05) is 6.92 Å². The molecule has 2 atom stereocenters. The van der Waals surface area contributed by atoms with E-state index in [0.29, 0.717) is 36.5 Å². The highest BCUT2D eigenvalue weighted by atomic mass is 16.5. The molecule has 0 aromatic carbocycles. The fraction of sp³-hybridized carbons (Fsp3) is 0.786. The first kappa shape index (κ1) is 14.8. The average Bonchev–Trinajstić information content (AvgIpc) is 2.64. The van der Waals surface area contributed by atoms with Crippen LogP contribution in [0.15, 0.2) is 0 Å². The molecule has 112 valence electrons. The van der Waals surface area contributed by atoms with Crippen LogP contribution in [0.25, 0.3) is 0 Å². The first-order chi connectivity index (χ1) is 9.72. The highest BCUT2D eigenvalue weighted by molar-refractivity contribution is 5.36. The molecule has 1 aliphatic carbocycles. The molecule has 6 heteroatoms. The molecule has 6 nitrogen and oxygen atoms in total. The first-order valence-electron chi connectivity index (χ1n) is 7.56. The van der Waals surface area contributed by atoms with Gasteiger partial charge in [-0.25, -0.2) is 0 Å². The zero-order valence-corrected chi connectivity index (χ0v) is 12.6. The van der Waals surface area contributed by atoms with E-state index in [9.17, 15) is 0 Å². The van der Waals surface area contributed by atoms with Crippen LogP contribution in [0, 0.1) is 5.92 Å².